The van der Waals surface area contributed by atoms with E-state index in [2.05, 4.69) is 12.2 Å². The number of nitrogens with one attached hydrogen (secondary N) is 1. The number of hydrogen-bond donors (Lipinski definition) is 1. The highest BCUT2D eigenvalue weighted by Gasteiger charge is 2.19. The first-order valence-electron chi connectivity index (χ1n) is 7.83. The maximum Gasteiger partial charge on any atom is 0.123 e. The molecule has 2 nitrogen and oxygen atoms in total. The van der Waals surface area contributed by atoms with Crippen LogP contribution in [0.5, 0.6) is 0 Å². The Morgan fingerprint density at radius 1 is 1.25 bits per heavy atom. The summed E-state index contributed by atoms with van der Waals surface area (Å²) in [4.78, 5) is 0. The normalized spacial score (nSPS) is 18.1. The molecule has 1 aliphatic heterocycles. The molecule has 1 aromatic rings. The van der Waals surface area contributed by atoms with Crippen molar-refractivity contribution in [2.75, 3.05) is 19.8 Å². The molecule has 0 aromatic heterocycles. The smallest absolute Gasteiger partial charge is 0.123 e. The predicted molar refractivity (Wildman–Crippen MR) is 80.3 cm³/mol. The van der Waals surface area contributed by atoms with Gasteiger partial charge in [-0.2, -0.15) is 0 Å². The Morgan fingerprint density at radius 2 is 1.95 bits per heavy atom. The lowest BCUT2D eigenvalue weighted by molar-refractivity contribution is 0.0605. The van der Waals surface area contributed by atoms with Crippen molar-refractivity contribution in [1.29, 1.82) is 0 Å². The van der Waals surface area contributed by atoms with Crippen molar-refractivity contribution >= 4 is 0 Å². The van der Waals surface area contributed by atoms with Gasteiger partial charge in [0, 0.05) is 19.3 Å². The van der Waals surface area contributed by atoms with Gasteiger partial charge in [0.05, 0.1) is 0 Å². The molecule has 0 saturated carbocycles. The van der Waals surface area contributed by atoms with Crippen molar-refractivity contribution in [3.05, 3.63) is 35.6 Å². The van der Waals surface area contributed by atoms with Crippen molar-refractivity contribution in [2.45, 2.75) is 45.1 Å². The van der Waals surface area contributed by atoms with E-state index in [0.717, 1.165) is 38.5 Å². The summed E-state index contributed by atoms with van der Waals surface area (Å²) in [6.07, 6.45) is 5.67. The van der Waals surface area contributed by atoms with E-state index in [1.807, 2.05) is 12.1 Å². The van der Waals surface area contributed by atoms with E-state index < -0.39 is 0 Å². The Kier molecular flexibility index (Phi) is 6.48. The Hall–Kier alpha value is -0.930. The van der Waals surface area contributed by atoms with Gasteiger partial charge in [0.15, 0.2) is 0 Å². The molecule has 1 atom stereocenters. The first-order valence-corrected chi connectivity index (χ1v) is 7.83. The zero-order valence-electron chi connectivity index (χ0n) is 12.4. The summed E-state index contributed by atoms with van der Waals surface area (Å²) in [5, 5.41) is 3.65. The van der Waals surface area contributed by atoms with Crippen molar-refractivity contribution in [3.8, 4) is 0 Å². The Bertz CT molecular complexity index is 373. The fourth-order valence-electron chi connectivity index (χ4n) is 2.88. The average Bonchev–Trinajstić information content (AvgIpc) is 2.48. The molecular weight excluding hydrogens is 253 g/mol. The van der Waals surface area contributed by atoms with Gasteiger partial charge in [-0.05, 0) is 62.3 Å². The van der Waals surface area contributed by atoms with E-state index >= 15 is 0 Å². The van der Waals surface area contributed by atoms with Crippen LogP contribution in [0.1, 0.15) is 38.2 Å². The second-order valence-corrected chi connectivity index (χ2v) is 5.77. The molecule has 2 rings (SSSR count). The highest BCUT2D eigenvalue weighted by Crippen LogP contribution is 2.21. The highest BCUT2D eigenvalue weighted by molar-refractivity contribution is 5.17. The van der Waals surface area contributed by atoms with Gasteiger partial charge in [-0.1, -0.05) is 19.1 Å². The summed E-state index contributed by atoms with van der Waals surface area (Å²) >= 11 is 0. The fourth-order valence-corrected chi connectivity index (χ4v) is 2.88. The molecule has 1 N–H and O–H groups in total. The van der Waals surface area contributed by atoms with Gasteiger partial charge in [-0.3, -0.25) is 0 Å². The number of benzene rings is 1. The number of ether oxygens (including phenoxy) is 1. The molecule has 0 bridgehead atoms. The van der Waals surface area contributed by atoms with E-state index in [0.29, 0.717) is 6.04 Å². The summed E-state index contributed by atoms with van der Waals surface area (Å²) in [5.74, 6) is 0.606. The third kappa shape index (κ3) is 5.22. The molecule has 1 unspecified atom stereocenters. The van der Waals surface area contributed by atoms with Gasteiger partial charge in [-0.25, -0.2) is 4.39 Å². The largest absolute Gasteiger partial charge is 0.381 e. The Balaban J connectivity index is 1.89. The van der Waals surface area contributed by atoms with Crippen LogP contribution in [0.4, 0.5) is 4.39 Å². The molecule has 1 aliphatic rings. The summed E-state index contributed by atoms with van der Waals surface area (Å²) in [6, 6.07) is 7.41. The van der Waals surface area contributed by atoms with Crippen molar-refractivity contribution < 1.29 is 9.13 Å². The summed E-state index contributed by atoms with van der Waals surface area (Å²) < 4.78 is 18.4. The topological polar surface area (TPSA) is 21.3 Å². The lowest BCUT2D eigenvalue weighted by Gasteiger charge is -2.27. The molecule has 0 spiro atoms. The van der Waals surface area contributed by atoms with Gasteiger partial charge in [0.2, 0.25) is 0 Å². The molecule has 0 aliphatic carbocycles. The SMILES string of the molecule is CCCNC(Cc1ccc(F)cc1)CC1CCOCC1. The molecule has 0 amide bonds. The molecule has 1 saturated heterocycles. The van der Waals surface area contributed by atoms with Crippen LogP contribution in [-0.2, 0) is 11.2 Å². The molecule has 1 fully saturated rings. The first-order chi connectivity index (χ1) is 9.78. The standard InChI is InChI=1S/C17H26FNO/c1-2-9-19-17(13-15-7-10-20-11-8-15)12-14-3-5-16(18)6-4-14/h3-6,15,17,19H,2,7-13H2,1H3. The van der Waals surface area contributed by atoms with Crippen molar-refractivity contribution in [1.82, 2.24) is 5.32 Å². The van der Waals surface area contributed by atoms with Crippen LogP contribution in [0.15, 0.2) is 24.3 Å². The van der Waals surface area contributed by atoms with E-state index in [4.69, 9.17) is 4.74 Å². The predicted octanol–water partition coefficient (Wildman–Crippen LogP) is 3.55. The first kappa shape index (κ1) is 15.5. The molecule has 3 heteroatoms. The zero-order valence-corrected chi connectivity index (χ0v) is 12.4. The third-order valence-corrected chi connectivity index (χ3v) is 4.04. The minimum absolute atomic E-state index is 0.156. The molecule has 1 heterocycles. The number of halogens is 1. The Morgan fingerprint density at radius 3 is 2.60 bits per heavy atom. The Labute approximate surface area is 121 Å². The van der Waals surface area contributed by atoms with Gasteiger partial charge >= 0.3 is 0 Å². The maximum atomic E-state index is 13.0. The van der Waals surface area contributed by atoms with E-state index in [-0.39, 0.29) is 5.82 Å². The highest BCUT2D eigenvalue weighted by atomic mass is 19.1. The van der Waals surface area contributed by atoms with E-state index in [9.17, 15) is 4.39 Å². The van der Waals surface area contributed by atoms with Gasteiger partial charge < -0.3 is 10.1 Å². The monoisotopic (exact) mass is 279 g/mol. The summed E-state index contributed by atoms with van der Waals surface area (Å²) in [7, 11) is 0. The summed E-state index contributed by atoms with van der Waals surface area (Å²) in [6.45, 7) is 5.05. The zero-order chi connectivity index (χ0) is 14.2. The molecule has 112 valence electrons. The maximum absolute atomic E-state index is 13.0. The van der Waals surface area contributed by atoms with E-state index in [1.165, 1.54) is 24.8 Å². The minimum atomic E-state index is -0.156. The lowest BCUT2D eigenvalue weighted by atomic mass is 9.90. The van der Waals surface area contributed by atoms with Crippen LogP contribution in [0.25, 0.3) is 0 Å². The third-order valence-electron chi connectivity index (χ3n) is 4.04. The van der Waals surface area contributed by atoms with Crippen molar-refractivity contribution in [3.63, 3.8) is 0 Å². The lowest BCUT2D eigenvalue weighted by Crippen LogP contribution is -2.35. The molecule has 1 aromatic carbocycles. The quantitative estimate of drug-likeness (QED) is 0.824. The molecule has 20 heavy (non-hydrogen) atoms. The average molecular weight is 279 g/mol. The van der Waals surface area contributed by atoms with E-state index in [1.54, 1.807) is 12.1 Å². The minimum Gasteiger partial charge on any atom is -0.381 e. The molecule has 0 radical (unpaired) electrons. The molecular formula is C17H26FNO. The van der Waals surface area contributed by atoms with Gasteiger partial charge in [-0.15, -0.1) is 0 Å². The number of hydrogen-bond acceptors (Lipinski definition) is 2. The van der Waals surface area contributed by atoms with Gasteiger partial charge in [0.25, 0.3) is 0 Å². The van der Waals surface area contributed by atoms with Crippen molar-refractivity contribution in [2.24, 2.45) is 5.92 Å². The van der Waals surface area contributed by atoms with Crippen LogP contribution in [-0.4, -0.2) is 25.8 Å². The summed E-state index contributed by atoms with van der Waals surface area (Å²) in [5.41, 5.74) is 1.21. The van der Waals surface area contributed by atoms with Crippen LogP contribution in [0, 0.1) is 11.7 Å². The van der Waals surface area contributed by atoms with Crippen LogP contribution >= 0.6 is 0 Å². The second kappa shape index (κ2) is 8.38. The van der Waals surface area contributed by atoms with Gasteiger partial charge in [0.1, 0.15) is 5.82 Å². The van der Waals surface area contributed by atoms with Crippen LogP contribution < -0.4 is 5.32 Å². The number of rotatable bonds is 7. The van der Waals surface area contributed by atoms with Crippen LogP contribution in [0.2, 0.25) is 0 Å². The second-order valence-electron chi connectivity index (χ2n) is 5.77. The fraction of sp³-hybridized carbons (Fsp3) is 0.647. The van der Waals surface area contributed by atoms with Crippen LogP contribution in [0.3, 0.4) is 0 Å².